The van der Waals surface area contributed by atoms with Crippen LogP contribution in [0.15, 0.2) is 42.6 Å². The SMILES string of the molecule is N#Cc1ccnc(N2CCCC(CO)(Cc3ccc(F)cc3)C2)c1. The van der Waals surface area contributed by atoms with Gasteiger partial charge in [0.15, 0.2) is 0 Å². The van der Waals surface area contributed by atoms with Gasteiger partial charge in [0.25, 0.3) is 0 Å². The number of aliphatic hydroxyl groups is 1. The highest BCUT2D eigenvalue weighted by atomic mass is 19.1. The van der Waals surface area contributed by atoms with Crippen LogP contribution in [0.4, 0.5) is 10.2 Å². The first-order valence-electron chi connectivity index (χ1n) is 8.11. The largest absolute Gasteiger partial charge is 0.396 e. The van der Waals surface area contributed by atoms with Gasteiger partial charge < -0.3 is 10.0 Å². The molecule has 0 saturated carbocycles. The summed E-state index contributed by atoms with van der Waals surface area (Å²) >= 11 is 0. The van der Waals surface area contributed by atoms with Gasteiger partial charge in [0.1, 0.15) is 11.6 Å². The number of rotatable bonds is 4. The van der Waals surface area contributed by atoms with E-state index in [0.29, 0.717) is 18.5 Å². The van der Waals surface area contributed by atoms with Gasteiger partial charge in [-0.05, 0) is 49.1 Å². The molecular formula is C19H20FN3O. The topological polar surface area (TPSA) is 60.2 Å². The summed E-state index contributed by atoms with van der Waals surface area (Å²) in [7, 11) is 0. The van der Waals surface area contributed by atoms with Crippen LogP contribution in [0, 0.1) is 22.6 Å². The molecular weight excluding hydrogens is 305 g/mol. The molecule has 3 rings (SSSR count). The molecule has 1 unspecified atom stereocenters. The summed E-state index contributed by atoms with van der Waals surface area (Å²) in [4.78, 5) is 6.50. The van der Waals surface area contributed by atoms with Gasteiger partial charge in [-0.1, -0.05) is 12.1 Å². The van der Waals surface area contributed by atoms with E-state index in [9.17, 15) is 9.50 Å². The molecule has 0 spiro atoms. The van der Waals surface area contributed by atoms with Crippen LogP contribution in [0.3, 0.4) is 0 Å². The lowest BCUT2D eigenvalue weighted by Crippen LogP contribution is -2.47. The number of aromatic nitrogens is 1. The molecule has 2 heterocycles. The molecule has 1 saturated heterocycles. The van der Waals surface area contributed by atoms with Crippen LogP contribution in [-0.2, 0) is 6.42 Å². The Kier molecular flexibility index (Phi) is 4.77. The summed E-state index contributed by atoms with van der Waals surface area (Å²) in [5, 5.41) is 19.1. The van der Waals surface area contributed by atoms with E-state index >= 15 is 0 Å². The molecule has 1 aromatic carbocycles. The molecule has 1 aromatic heterocycles. The highest BCUT2D eigenvalue weighted by Crippen LogP contribution is 2.35. The molecule has 1 aliphatic heterocycles. The van der Waals surface area contributed by atoms with Crippen LogP contribution in [0.25, 0.3) is 0 Å². The van der Waals surface area contributed by atoms with Crippen LogP contribution in [0.1, 0.15) is 24.0 Å². The summed E-state index contributed by atoms with van der Waals surface area (Å²) in [5.74, 6) is 0.519. The fraction of sp³-hybridized carbons (Fsp3) is 0.368. The normalized spacial score (nSPS) is 20.6. The van der Waals surface area contributed by atoms with Gasteiger partial charge in [-0.2, -0.15) is 5.26 Å². The minimum Gasteiger partial charge on any atom is -0.396 e. The van der Waals surface area contributed by atoms with E-state index < -0.39 is 0 Å². The summed E-state index contributed by atoms with van der Waals surface area (Å²) in [6, 6.07) is 12.1. The average molecular weight is 325 g/mol. The van der Waals surface area contributed by atoms with Crippen LogP contribution >= 0.6 is 0 Å². The van der Waals surface area contributed by atoms with Gasteiger partial charge in [-0.15, -0.1) is 0 Å². The molecule has 1 atom stereocenters. The first kappa shape index (κ1) is 16.4. The number of nitriles is 1. The van der Waals surface area contributed by atoms with Crippen LogP contribution in [0.2, 0.25) is 0 Å². The Hall–Kier alpha value is -2.45. The number of piperidine rings is 1. The maximum absolute atomic E-state index is 13.1. The molecule has 0 bridgehead atoms. The number of hydrogen-bond acceptors (Lipinski definition) is 4. The Labute approximate surface area is 141 Å². The Morgan fingerprint density at radius 2 is 2.08 bits per heavy atom. The van der Waals surface area contributed by atoms with Gasteiger partial charge >= 0.3 is 0 Å². The average Bonchev–Trinajstić information content (AvgIpc) is 2.64. The second-order valence-electron chi connectivity index (χ2n) is 6.50. The van der Waals surface area contributed by atoms with E-state index in [0.717, 1.165) is 30.8 Å². The van der Waals surface area contributed by atoms with Gasteiger partial charge in [0.05, 0.1) is 18.2 Å². The zero-order valence-electron chi connectivity index (χ0n) is 13.5. The van der Waals surface area contributed by atoms with E-state index in [-0.39, 0.29) is 17.8 Å². The molecule has 0 radical (unpaired) electrons. The maximum atomic E-state index is 13.1. The lowest BCUT2D eigenvalue weighted by molar-refractivity contribution is 0.105. The standard InChI is InChI=1S/C19H20FN3O/c20-17-4-2-15(3-5-17)11-19(14-24)7-1-9-23(13-19)18-10-16(12-21)6-8-22-18/h2-6,8,10,24H,1,7,9,11,13-14H2. The first-order chi connectivity index (χ1) is 11.6. The fourth-order valence-corrected chi connectivity index (χ4v) is 3.43. The number of halogens is 1. The minimum absolute atomic E-state index is 0.0683. The first-order valence-corrected chi connectivity index (χ1v) is 8.11. The van der Waals surface area contributed by atoms with Gasteiger partial charge in [-0.3, -0.25) is 0 Å². The van der Waals surface area contributed by atoms with Crippen molar-refractivity contribution in [1.82, 2.24) is 4.98 Å². The number of hydrogen-bond donors (Lipinski definition) is 1. The number of anilines is 1. The van der Waals surface area contributed by atoms with E-state index in [1.165, 1.54) is 12.1 Å². The quantitative estimate of drug-likeness (QED) is 0.939. The van der Waals surface area contributed by atoms with Crippen molar-refractivity contribution in [3.05, 3.63) is 59.5 Å². The van der Waals surface area contributed by atoms with Crippen molar-refractivity contribution >= 4 is 5.82 Å². The van der Waals surface area contributed by atoms with Crippen molar-refractivity contribution in [2.75, 3.05) is 24.6 Å². The van der Waals surface area contributed by atoms with Gasteiger partial charge in [0.2, 0.25) is 0 Å². The molecule has 0 amide bonds. The summed E-state index contributed by atoms with van der Waals surface area (Å²) < 4.78 is 13.1. The number of nitrogens with zero attached hydrogens (tertiary/aromatic N) is 3. The molecule has 124 valence electrons. The molecule has 4 nitrogen and oxygen atoms in total. The van der Waals surface area contributed by atoms with Gasteiger partial charge in [-0.25, -0.2) is 9.37 Å². The summed E-state index contributed by atoms with van der Waals surface area (Å²) in [5.41, 5.74) is 1.32. The third kappa shape index (κ3) is 3.55. The van der Waals surface area contributed by atoms with E-state index in [1.54, 1.807) is 30.5 Å². The molecule has 0 aliphatic carbocycles. The van der Waals surface area contributed by atoms with E-state index in [1.807, 2.05) is 0 Å². The number of benzene rings is 1. The minimum atomic E-state index is -0.277. The van der Waals surface area contributed by atoms with Crippen LogP contribution in [0.5, 0.6) is 0 Å². The van der Waals surface area contributed by atoms with Crippen LogP contribution < -0.4 is 4.90 Å². The van der Waals surface area contributed by atoms with E-state index in [4.69, 9.17) is 5.26 Å². The molecule has 24 heavy (non-hydrogen) atoms. The summed E-state index contributed by atoms with van der Waals surface area (Å²) in [6.07, 6.45) is 4.19. The number of aliphatic hydroxyl groups excluding tert-OH is 1. The lowest BCUT2D eigenvalue weighted by Gasteiger charge is -2.42. The predicted octanol–water partition coefficient (Wildman–Crippen LogP) is 2.91. The molecule has 1 fully saturated rings. The van der Waals surface area contributed by atoms with Crippen molar-refractivity contribution < 1.29 is 9.50 Å². The van der Waals surface area contributed by atoms with Crippen molar-refractivity contribution in [2.45, 2.75) is 19.3 Å². The second-order valence-corrected chi connectivity index (χ2v) is 6.50. The molecule has 1 aliphatic rings. The van der Waals surface area contributed by atoms with E-state index in [2.05, 4.69) is 16.0 Å². The van der Waals surface area contributed by atoms with Crippen LogP contribution in [-0.4, -0.2) is 29.8 Å². The Morgan fingerprint density at radius 3 is 2.79 bits per heavy atom. The molecule has 2 aromatic rings. The predicted molar refractivity (Wildman–Crippen MR) is 90.0 cm³/mol. The van der Waals surface area contributed by atoms with Crippen molar-refractivity contribution in [3.8, 4) is 6.07 Å². The van der Waals surface area contributed by atoms with Crippen molar-refractivity contribution in [2.24, 2.45) is 5.41 Å². The highest BCUT2D eigenvalue weighted by molar-refractivity contribution is 5.45. The Bertz CT molecular complexity index is 741. The highest BCUT2D eigenvalue weighted by Gasteiger charge is 2.35. The third-order valence-corrected chi connectivity index (χ3v) is 4.69. The fourth-order valence-electron chi connectivity index (χ4n) is 3.43. The maximum Gasteiger partial charge on any atom is 0.129 e. The number of pyridine rings is 1. The zero-order chi connectivity index (χ0) is 17.0. The van der Waals surface area contributed by atoms with Crippen molar-refractivity contribution in [1.29, 1.82) is 5.26 Å². The second kappa shape index (κ2) is 6.98. The Balaban J connectivity index is 1.81. The monoisotopic (exact) mass is 325 g/mol. The third-order valence-electron chi connectivity index (χ3n) is 4.69. The zero-order valence-corrected chi connectivity index (χ0v) is 13.5. The Morgan fingerprint density at radius 1 is 1.29 bits per heavy atom. The molecule has 1 N–H and O–H groups in total. The lowest BCUT2D eigenvalue weighted by atomic mass is 9.75. The summed E-state index contributed by atoms with van der Waals surface area (Å²) in [6.45, 7) is 1.59. The smallest absolute Gasteiger partial charge is 0.129 e. The van der Waals surface area contributed by atoms with Crippen molar-refractivity contribution in [3.63, 3.8) is 0 Å². The van der Waals surface area contributed by atoms with Gasteiger partial charge in [0, 0.05) is 24.7 Å². The molecule has 5 heteroatoms.